The van der Waals surface area contributed by atoms with E-state index >= 15 is 0 Å². The smallest absolute Gasteiger partial charge is 0.513 e. The molecule has 3 fully saturated rings. The van der Waals surface area contributed by atoms with E-state index in [1.165, 1.54) is 0 Å². The molecule has 3 heterocycles. The molecule has 0 aliphatic carbocycles. The van der Waals surface area contributed by atoms with Gasteiger partial charge in [-0.1, -0.05) is 6.92 Å². The van der Waals surface area contributed by atoms with Crippen LogP contribution in [-0.4, -0.2) is 20.5 Å². The normalized spacial score (nSPS) is 21.5. The van der Waals surface area contributed by atoms with Gasteiger partial charge in [0.2, 0.25) is 0 Å². The summed E-state index contributed by atoms with van der Waals surface area (Å²) in [6.07, 6.45) is 0.710. The van der Waals surface area contributed by atoms with Gasteiger partial charge in [-0.3, -0.25) is 0 Å². The van der Waals surface area contributed by atoms with E-state index in [1.807, 2.05) is 19.1 Å². The molecule has 0 aromatic carbocycles. The minimum Gasteiger partial charge on any atom is -0.513 e. The summed E-state index contributed by atoms with van der Waals surface area (Å²) >= 11 is 0. The maximum absolute atomic E-state index is 8.82. The summed E-state index contributed by atoms with van der Waals surface area (Å²) < 4.78 is 15.8. The van der Waals surface area contributed by atoms with E-state index in [1.54, 1.807) is 0 Å². The molecule has 6 heteroatoms. The van der Waals surface area contributed by atoms with E-state index < -0.39 is 12.7 Å². The van der Waals surface area contributed by atoms with Gasteiger partial charge in [0.1, 0.15) is 17.9 Å². The predicted molar refractivity (Wildman–Crippen MR) is 49.7 cm³/mol. The number of nitriles is 2. The van der Waals surface area contributed by atoms with Crippen molar-refractivity contribution in [1.29, 1.82) is 10.5 Å². The van der Waals surface area contributed by atoms with Crippen molar-refractivity contribution in [1.82, 2.24) is 0 Å². The monoisotopic (exact) mass is 204 g/mol. The van der Waals surface area contributed by atoms with E-state index in [0.717, 1.165) is 0 Å². The van der Waals surface area contributed by atoms with Gasteiger partial charge in [0.15, 0.2) is 5.57 Å². The Morgan fingerprint density at radius 3 is 2.47 bits per heavy atom. The third-order valence-electron chi connectivity index (χ3n) is 2.81. The zero-order chi connectivity index (χ0) is 10.9. The van der Waals surface area contributed by atoms with Crippen LogP contribution in [-0.2, 0) is 14.0 Å². The highest BCUT2D eigenvalue weighted by Gasteiger charge is 2.52. The summed E-state index contributed by atoms with van der Waals surface area (Å²) in [5.74, 6) is 0.428. The average Bonchev–Trinajstić information content (AvgIpc) is 2.32. The van der Waals surface area contributed by atoms with Gasteiger partial charge in [-0.2, -0.15) is 10.5 Å². The molecule has 0 N–H and O–H groups in total. The lowest BCUT2D eigenvalue weighted by molar-refractivity contribution is -0.0778. The van der Waals surface area contributed by atoms with E-state index in [0.29, 0.717) is 25.4 Å². The molecule has 3 aliphatic heterocycles. The highest BCUT2D eigenvalue weighted by Crippen LogP contribution is 2.42. The Balaban J connectivity index is 2.46. The number of allylic oxidation sites excluding steroid dienone is 1. The Hall–Kier alpha value is -1.50. The molecule has 76 valence electrons. The molecule has 0 saturated carbocycles. The van der Waals surface area contributed by atoms with Gasteiger partial charge in [-0.25, -0.2) is 0 Å². The highest BCUT2D eigenvalue weighted by atomic mass is 16.8. The van der Waals surface area contributed by atoms with Crippen LogP contribution in [0.1, 0.15) is 13.3 Å². The first-order chi connectivity index (χ1) is 7.25. The van der Waals surface area contributed by atoms with Crippen LogP contribution in [0.2, 0.25) is 0 Å². The first-order valence-corrected chi connectivity index (χ1v) is 4.70. The van der Waals surface area contributed by atoms with Gasteiger partial charge in [-0.05, 0) is 6.42 Å². The molecule has 3 rings (SSSR count). The van der Waals surface area contributed by atoms with Gasteiger partial charge in [0, 0.05) is 13.2 Å². The second-order valence-corrected chi connectivity index (χ2v) is 3.59. The summed E-state index contributed by atoms with van der Waals surface area (Å²) in [6, 6.07) is 3.70. The van der Waals surface area contributed by atoms with Gasteiger partial charge >= 0.3 is 7.32 Å². The topological polar surface area (TPSA) is 75.3 Å². The zero-order valence-electron chi connectivity index (χ0n) is 8.32. The lowest BCUT2D eigenvalue weighted by atomic mass is 9.78. The van der Waals surface area contributed by atoms with E-state index in [2.05, 4.69) is 0 Å². The van der Waals surface area contributed by atoms with Crippen molar-refractivity contribution in [3.8, 4) is 12.1 Å². The molecule has 5 nitrogen and oxygen atoms in total. The Morgan fingerprint density at radius 2 is 2.00 bits per heavy atom. The molecule has 3 aliphatic rings. The summed E-state index contributed by atoms with van der Waals surface area (Å²) in [5.41, 5.74) is -0.441. The van der Waals surface area contributed by atoms with Crippen LogP contribution in [0.15, 0.2) is 11.3 Å². The van der Waals surface area contributed by atoms with Crippen LogP contribution in [0.5, 0.6) is 0 Å². The van der Waals surface area contributed by atoms with Crippen molar-refractivity contribution in [2.45, 2.75) is 13.3 Å². The largest absolute Gasteiger partial charge is 0.713 e. The summed E-state index contributed by atoms with van der Waals surface area (Å²) in [7, 11) is -0.759. The standard InChI is InChI=1S/C9H9BN2O3/c1-2-9-5-13-10(14-6-9)15-8(9)7(3-11)4-12/h2,5-6H2,1H3. The molecule has 0 amide bonds. The second kappa shape index (κ2) is 3.58. The van der Waals surface area contributed by atoms with Crippen molar-refractivity contribution in [3.63, 3.8) is 0 Å². The average molecular weight is 204 g/mol. The van der Waals surface area contributed by atoms with Crippen molar-refractivity contribution >= 4 is 7.32 Å². The maximum Gasteiger partial charge on any atom is 0.713 e. The first kappa shape index (κ1) is 10.0. The van der Waals surface area contributed by atoms with Gasteiger partial charge in [0.25, 0.3) is 0 Å². The van der Waals surface area contributed by atoms with Crippen LogP contribution in [0.25, 0.3) is 0 Å². The third-order valence-corrected chi connectivity index (χ3v) is 2.81. The van der Waals surface area contributed by atoms with Crippen molar-refractivity contribution < 1.29 is 14.0 Å². The third kappa shape index (κ3) is 1.39. The van der Waals surface area contributed by atoms with E-state index in [-0.39, 0.29) is 5.57 Å². The lowest BCUT2D eigenvalue weighted by Crippen LogP contribution is -2.53. The molecule has 0 radical (unpaired) electrons. The highest BCUT2D eigenvalue weighted by molar-refractivity contribution is 6.37. The Kier molecular flexibility index (Phi) is 2.40. The van der Waals surface area contributed by atoms with Gasteiger partial charge < -0.3 is 14.0 Å². The fraction of sp³-hybridized carbons (Fsp3) is 0.556. The molecule has 15 heavy (non-hydrogen) atoms. The quantitative estimate of drug-likeness (QED) is 0.465. The molecule has 2 bridgehead atoms. The Morgan fingerprint density at radius 1 is 1.40 bits per heavy atom. The number of rotatable bonds is 1. The number of hydrogen-bond acceptors (Lipinski definition) is 5. The van der Waals surface area contributed by atoms with Gasteiger partial charge in [-0.15, -0.1) is 0 Å². The van der Waals surface area contributed by atoms with Crippen molar-refractivity contribution in [2.24, 2.45) is 5.41 Å². The zero-order valence-corrected chi connectivity index (χ0v) is 8.32. The molecular weight excluding hydrogens is 195 g/mol. The molecule has 0 aromatic heterocycles. The number of fused-ring (bicyclic) bond motifs is 3. The molecular formula is C9H9BN2O3. The van der Waals surface area contributed by atoms with Gasteiger partial charge in [0.05, 0.1) is 5.41 Å². The SMILES string of the molecule is CCC12COB(OC1)OC2=C(C#N)C#N. The fourth-order valence-electron chi connectivity index (χ4n) is 1.78. The fourth-order valence-corrected chi connectivity index (χ4v) is 1.78. The van der Waals surface area contributed by atoms with E-state index in [9.17, 15) is 0 Å². The summed E-state index contributed by atoms with van der Waals surface area (Å²) in [4.78, 5) is 0. The summed E-state index contributed by atoms with van der Waals surface area (Å²) in [6.45, 7) is 2.83. The Labute approximate surface area is 88.0 Å². The van der Waals surface area contributed by atoms with Crippen LogP contribution < -0.4 is 0 Å². The van der Waals surface area contributed by atoms with Crippen LogP contribution in [0.4, 0.5) is 0 Å². The van der Waals surface area contributed by atoms with Crippen LogP contribution >= 0.6 is 0 Å². The van der Waals surface area contributed by atoms with Crippen LogP contribution in [0.3, 0.4) is 0 Å². The molecule has 3 saturated heterocycles. The second-order valence-electron chi connectivity index (χ2n) is 3.59. The summed E-state index contributed by atoms with van der Waals surface area (Å²) in [5, 5.41) is 17.6. The maximum atomic E-state index is 8.82. The molecule has 0 aromatic rings. The molecule has 0 unspecified atom stereocenters. The molecule has 0 spiro atoms. The minimum atomic E-state index is -0.759. The lowest BCUT2D eigenvalue weighted by Gasteiger charge is -2.45. The number of nitrogens with zero attached hydrogens (tertiary/aromatic N) is 2. The van der Waals surface area contributed by atoms with Crippen molar-refractivity contribution in [2.75, 3.05) is 13.2 Å². The molecule has 0 atom stereocenters. The van der Waals surface area contributed by atoms with Crippen molar-refractivity contribution in [3.05, 3.63) is 11.3 Å². The number of hydrogen-bond donors (Lipinski definition) is 0. The van der Waals surface area contributed by atoms with E-state index in [4.69, 9.17) is 24.5 Å². The Bertz CT molecular complexity index is 369. The van der Waals surface area contributed by atoms with Crippen LogP contribution in [0, 0.1) is 28.1 Å². The minimum absolute atomic E-state index is 0.0217. The first-order valence-electron chi connectivity index (χ1n) is 4.70. The predicted octanol–water partition coefficient (Wildman–Crippen LogP) is 0.746.